The number of carbonyl (C=O) groups excluding carboxylic acids is 2. The number of halogens is 7. The van der Waals surface area contributed by atoms with Crippen molar-refractivity contribution in [2.75, 3.05) is 114 Å². The van der Waals surface area contributed by atoms with Crippen LogP contribution < -0.4 is 39.4 Å². The van der Waals surface area contributed by atoms with Crippen molar-refractivity contribution in [1.29, 1.82) is 0 Å². The number of methoxy groups -OCH3 is 2. The number of hydrogen-bond acceptors (Lipinski definition) is 17. The van der Waals surface area contributed by atoms with E-state index < -0.39 is 64.3 Å². The van der Waals surface area contributed by atoms with E-state index in [0.717, 1.165) is 73.2 Å². The molecule has 2 N–H and O–H groups in total. The van der Waals surface area contributed by atoms with Crippen LogP contribution in [0.1, 0.15) is 147 Å². The first-order valence-electron chi connectivity index (χ1n) is 36.8. The van der Waals surface area contributed by atoms with Gasteiger partial charge in [0.15, 0.2) is 5.82 Å². The van der Waals surface area contributed by atoms with Crippen molar-refractivity contribution in [2.24, 2.45) is 11.8 Å². The molecule has 4 saturated heterocycles. The summed E-state index contributed by atoms with van der Waals surface area (Å²) in [5, 5.41) is 0. The molecule has 105 heavy (non-hydrogen) atoms. The number of hydrogen-bond donors (Lipinski definition) is 1. The molecule has 2 aromatic heterocycles. The highest BCUT2D eigenvalue weighted by atomic mass is 19.4. The molecule has 4 aromatic carbocycles. The maximum Gasteiger partial charge on any atom is 0.416 e. The number of nitrogens with zero attached hydrogens (tertiary/aromatic N) is 11. The SMILES string of the molecule is COc1ccc(CN(Cc2ccc(OC)cc2)c2ccc(C(F)(F)F)c(C3Cc4nc(OC[C@@H]5CCCN5C/C=C\C(=O)N5CCN(c6nc(OC[C@@H]7CCCN7C)nc7c6C[C@H](C)[C@@H](c6c(C(F)(F)F)ccc(N)c6C)C7)[C@@H](C)C5)nc(N5CCN(C(=O)OC(C)(C)C)C[C@@H]5C)c4CC3C)c2F)cc1. The first kappa shape index (κ1) is 76.0. The minimum Gasteiger partial charge on any atom is -0.497 e. The Kier molecular flexibility index (Phi) is 22.7. The number of aromatic nitrogens is 4. The van der Waals surface area contributed by atoms with Gasteiger partial charge in [-0.1, -0.05) is 44.2 Å². The van der Waals surface area contributed by atoms with Gasteiger partial charge in [0.1, 0.15) is 41.9 Å². The first-order valence-corrected chi connectivity index (χ1v) is 36.8. The van der Waals surface area contributed by atoms with Gasteiger partial charge >= 0.3 is 30.5 Å². The number of rotatable bonds is 20. The monoisotopic (exact) mass is 1460 g/mol. The Morgan fingerprint density at radius 2 is 1.11 bits per heavy atom. The molecule has 26 heteroatoms. The molecule has 6 heterocycles. The highest BCUT2D eigenvalue weighted by molar-refractivity contribution is 5.88. The van der Waals surface area contributed by atoms with E-state index in [-0.39, 0.29) is 98.2 Å². The molecule has 0 bridgehead atoms. The molecule has 12 rings (SSSR count). The average Bonchev–Trinajstić information content (AvgIpc) is 1.60. The Labute approximate surface area is 611 Å². The summed E-state index contributed by atoms with van der Waals surface area (Å²) < 4.78 is 139. The zero-order chi connectivity index (χ0) is 75.0. The standard InChI is InChI=1S/C79H99F7N12O7/c1-47-37-60-65(39-58(47)69-51(5)64(87)28-26-62(69)78(81,82)83)88-74(103-45-54-15-12-30-92(54)9)90-72(60)97-35-33-94(41-49(97)3)68(99)17-14-32-93-31-13-16-55(93)46-104-75-89-66-40-59(48(2)38-61(66)73(91-75)98-36-34-95(42-50(98)4)76(100)105-77(6,7)8)70-63(79(84,85)86)27-29-67(71(70)80)96(43-52-18-22-56(101-10)23-19-52)44-53-20-24-57(102-11)25-21-53/h14,17-29,47-50,54-55,58-59H,12-13,15-16,30-46,87H2,1-11H3/b17-14-/t47-,48?,49-,50-,54-,55-,58-,59?/m0/s1. The van der Waals surface area contributed by atoms with Gasteiger partial charge in [-0.25, -0.2) is 9.18 Å². The lowest BCUT2D eigenvalue weighted by Gasteiger charge is -2.42. The molecule has 4 aliphatic heterocycles. The van der Waals surface area contributed by atoms with Crippen LogP contribution in [-0.4, -0.2) is 175 Å². The van der Waals surface area contributed by atoms with E-state index in [0.29, 0.717) is 105 Å². The van der Waals surface area contributed by atoms with E-state index in [1.54, 1.807) is 61.3 Å². The number of likely N-dealkylation sites (tertiary alicyclic amines) is 2. The largest absolute Gasteiger partial charge is 0.497 e. The Balaban J connectivity index is 0.770. The average molecular weight is 1460 g/mol. The van der Waals surface area contributed by atoms with Crippen LogP contribution in [0.2, 0.25) is 0 Å². The normalized spacial score (nSPS) is 22.6. The lowest BCUT2D eigenvalue weighted by Crippen LogP contribution is -2.55. The van der Waals surface area contributed by atoms with Crippen LogP contribution in [0.15, 0.2) is 84.9 Å². The molecule has 6 aliphatic rings. The highest BCUT2D eigenvalue weighted by Crippen LogP contribution is 2.50. The van der Waals surface area contributed by atoms with Crippen LogP contribution in [0, 0.1) is 24.6 Å². The van der Waals surface area contributed by atoms with E-state index in [2.05, 4.69) is 26.6 Å². The van der Waals surface area contributed by atoms with E-state index in [1.807, 2.05) is 83.7 Å². The van der Waals surface area contributed by atoms with Crippen molar-refractivity contribution in [3.63, 3.8) is 0 Å². The van der Waals surface area contributed by atoms with Crippen LogP contribution in [0.5, 0.6) is 23.5 Å². The van der Waals surface area contributed by atoms with Gasteiger partial charge in [-0.05, 0) is 208 Å². The lowest BCUT2D eigenvalue weighted by molar-refractivity contribution is -0.139. The quantitative estimate of drug-likeness (QED) is 0.0433. The number of benzene rings is 4. The van der Waals surface area contributed by atoms with Crippen LogP contribution >= 0.6 is 0 Å². The van der Waals surface area contributed by atoms with Crippen LogP contribution in [0.25, 0.3) is 0 Å². The van der Waals surface area contributed by atoms with Crippen LogP contribution in [0.4, 0.5) is 58.5 Å². The van der Waals surface area contributed by atoms with Gasteiger partial charge in [-0.2, -0.15) is 46.3 Å². The fraction of sp³-hybridized carbons (Fsp3) is 0.544. The Hall–Kier alpha value is -8.65. The second-order valence-electron chi connectivity index (χ2n) is 30.5. The van der Waals surface area contributed by atoms with E-state index in [9.17, 15) is 22.8 Å². The van der Waals surface area contributed by atoms with Gasteiger partial charge < -0.3 is 58.8 Å². The number of amides is 2. The highest BCUT2D eigenvalue weighted by Gasteiger charge is 2.45. The van der Waals surface area contributed by atoms with E-state index in [4.69, 9.17) is 49.4 Å². The van der Waals surface area contributed by atoms with Gasteiger partial charge in [0.2, 0.25) is 5.91 Å². The summed E-state index contributed by atoms with van der Waals surface area (Å²) in [5.41, 5.74) is 8.57. The van der Waals surface area contributed by atoms with Crippen molar-refractivity contribution in [2.45, 2.75) is 174 Å². The van der Waals surface area contributed by atoms with Gasteiger partial charge in [0.25, 0.3) is 0 Å². The summed E-state index contributed by atoms with van der Waals surface area (Å²) in [6, 6.07) is 18.9. The zero-order valence-electron chi connectivity index (χ0n) is 62.1. The zero-order valence-corrected chi connectivity index (χ0v) is 62.1. The molecule has 2 amide bonds. The number of piperazine rings is 2. The second-order valence-corrected chi connectivity index (χ2v) is 30.5. The van der Waals surface area contributed by atoms with Crippen molar-refractivity contribution >= 4 is 35.0 Å². The molecule has 566 valence electrons. The maximum atomic E-state index is 18.1. The molecular formula is C79H99F7N12O7. The van der Waals surface area contributed by atoms with E-state index >= 15 is 17.6 Å². The van der Waals surface area contributed by atoms with Gasteiger partial charge in [-0.15, -0.1) is 0 Å². The number of alkyl halides is 6. The fourth-order valence-electron chi connectivity index (χ4n) is 16.4. The number of fused-ring (bicyclic) bond motifs is 2. The number of anilines is 4. The number of likely N-dealkylation sites (N-methyl/N-ethyl adjacent to an activating group) is 1. The summed E-state index contributed by atoms with van der Waals surface area (Å²) in [4.78, 5) is 61.7. The first-order chi connectivity index (χ1) is 49.9. The predicted molar refractivity (Wildman–Crippen MR) is 389 cm³/mol. The molecule has 4 fully saturated rings. The van der Waals surface area contributed by atoms with Crippen molar-refractivity contribution in [3.05, 3.63) is 152 Å². The third kappa shape index (κ3) is 17.1. The smallest absolute Gasteiger partial charge is 0.416 e. The Morgan fingerprint density at radius 1 is 0.619 bits per heavy atom. The van der Waals surface area contributed by atoms with Crippen molar-refractivity contribution in [1.82, 2.24) is 39.5 Å². The van der Waals surface area contributed by atoms with Gasteiger partial charge in [0, 0.05) is 112 Å². The molecule has 0 saturated carbocycles. The summed E-state index contributed by atoms with van der Waals surface area (Å²) in [6.45, 7) is 20.0. The van der Waals surface area contributed by atoms with Gasteiger partial charge in [-0.3, -0.25) is 9.69 Å². The maximum absolute atomic E-state index is 18.1. The van der Waals surface area contributed by atoms with Crippen molar-refractivity contribution < 1.29 is 64.0 Å². The minimum absolute atomic E-state index is 0.0107. The second kappa shape index (κ2) is 31.4. The summed E-state index contributed by atoms with van der Waals surface area (Å²) >= 11 is 0. The number of nitrogen functional groups attached to an aromatic ring is 1. The molecule has 8 atom stereocenters. The lowest BCUT2D eigenvalue weighted by atomic mass is 9.72. The molecule has 2 aliphatic carbocycles. The number of ether oxygens (including phenoxy) is 5. The molecule has 0 radical (unpaired) electrons. The summed E-state index contributed by atoms with van der Waals surface area (Å²) in [5.74, 6) is -0.927. The summed E-state index contributed by atoms with van der Waals surface area (Å²) in [6.07, 6.45) is -2.04. The predicted octanol–water partition coefficient (Wildman–Crippen LogP) is 13.7. The fourth-order valence-corrected chi connectivity index (χ4v) is 16.4. The van der Waals surface area contributed by atoms with E-state index in [1.165, 1.54) is 12.1 Å². The molecule has 2 unspecified atom stereocenters. The summed E-state index contributed by atoms with van der Waals surface area (Å²) in [7, 11) is 5.17. The number of carbonyl (C=O) groups is 2. The third-order valence-electron chi connectivity index (χ3n) is 22.2. The van der Waals surface area contributed by atoms with Crippen molar-refractivity contribution in [3.8, 4) is 23.5 Å². The molecule has 19 nitrogen and oxygen atoms in total. The van der Waals surface area contributed by atoms with Gasteiger partial charge in [0.05, 0.1) is 42.4 Å². The minimum atomic E-state index is -4.91. The molecule has 0 spiro atoms. The van der Waals surface area contributed by atoms with Crippen LogP contribution in [-0.2, 0) is 60.7 Å². The molecule has 6 aromatic rings. The Morgan fingerprint density at radius 3 is 1.63 bits per heavy atom. The third-order valence-corrected chi connectivity index (χ3v) is 22.2. The Bertz CT molecular complexity index is 4070. The molecular weight excluding hydrogens is 1360 g/mol. The topological polar surface area (TPSA) is 181 Å². The van der Waals surface area contributed by atoms with Crippen LogP contribution in [0.3, 0.4) is 0 Å². The number of nitrogens with two attached hydrogens (primary N) is 1.